The molecule has 2 amide bonds. The van der Waals surface area contributed by atoms with Gasteiger partial charge in [-0.1, -0.05) is 17.7 Å². The zero-order chi connectivity index (χ0) is 27.0. The number of fused-ring (bicyclic) bond motifs is 2. The quantitative estimate of drug-likeness (QED) is 0.374. The fourth-order valence-electron chi connectivity index (χ4n) is 6.12. The number of carbonyl (C=O) groups is 2. The molecule has 6 rings (SSSR count). The Morgan fingerprint density at radius 3 is 2.74 bits per heavy atom. The first-order chi connectivity index (χ1) is 18.0. The van der Waals surface area contributed by atoms with E-state index in [1.165, 1.54) is 0 Å². The van der Waals surface area contributed by atoms with Gasteiger partial charge in [0.05, 0.1) is 11.2 Å². The van der Waals surface area contributed by atoms with Crippen molar-refractivity contribution < 1.29 is 14.3 Å². The van der Waals surface area contributed by atoms with Gasteiger partial charge in [-0.3, -0.25) is 4.79 Å². The summed E-state index contributed by atoms with van der Waals surface area (Å²) in [5, 5.41) is 3.81. The topological polar surface area (TPSA) is 75.6 Å². The van der Waals surface area contributed by atoms with Gasteiger partial charge in [-0.15, -0.1) is 11.3 Å². The Morgan fingerprint density at radius 2 is 2.00 bits per heavy atom. The van der Waals surface area contributed by atoms with Crippen LogP contribution in [0.2, 0.25) is 5.02 Å². The smallest absolute Gasteiger partial charge is 0.410 e. The summed E-state index contributed by atoms with van der Waals surface area (Å²) in [7, 11) is 1.85. The molecule has 0 bridgehead atoms. The van der Waals surface area contributed by atoms with Crippen LogP contribution in [-0.2, 0) is 4.74 Å². The lowest BCUT2D eigenvalue weighted by Gasteiger charge is -2.38. The maximum absolute atomic E-state index is 13.6. The Morgan fingerprint density at radius 1 is 1.21 bits per heavy atom. The largest absolute Gasteiger partial charge is 0.444 e. The number of rotatable bonds is 4. The number of aryl methyl sites for hydroxylation is 1. The third-order valence-electron chi connectivity index (χ3n) is 8.29. The summed E-state index contributed by atoms with van der Waals surface area (Å²) in [4.78, 5) is 40.2. The molecule has 200 valence electrons. The predicted octanol–water partition coefficient (Wildman–Crippen LogP) is 6.40. The minimum atomic E-state index is -0.548. The molecule has 38 heavy (non-hydrogen) atoms. The Balaban J connectivity index is 1.17. The second kappa shape index (κ2) is 8.91. The van der Waals surface area contributed by atoms with Gasteiger partial charge in [0.15, 0.2) is 0 Å². The molecule has 9 heteroatoms. The average Bonchev–Trinajstić information content (AvgIpc) is 3.75. The number of aromatic nitrogens is 2. The van der Waals surface area contributed by atoms with Crippen LogP contribution in [0.15, 0.2) is 29.6 Å². The Kier molecular flexibility index (Phi) is 6.00. The molecular formula is C29H33ClN4O3S. The molecule has 3 heterocycles. The van der Waals surface area contributed by atoms with Gasteiger partial charge >= 0.3 is 6.09 Å². The Bertz CT molecular complexity index is 1450. The predicted molar refractivity (Wildman–Crippen MR) is 149 cm³/mol. The number of hydrogen-bond acceptors (Lipinski definition) is 6. The van der Waals surface area contributed by atoms with Gasteiger partial charge in [0.1, 0.15) is 16.3 Å². The van der Waals surface area contributed by atoms with Crippen molar-refractivity contribution in [3.63, 3.8) is 0 Å². The Labute approximate surface area is 232 Å². The molecule has 7 nitrogen and oxygen atoms in total. The second-order valence-electron chi connectivity index (χ2n) is 12.0. The number of likely N-dealkylation sites (tertiary alicyclic amines) is 1. The van der Waals surface area contributed by atoms with Crippen LogP contribution in [-0.4, -0.2) is 63.0 Å². The highest BCUT2D eigenvalue weighted by Crippen LogP contribution is 2.57. The molecule has 1 saturated heterocycles. The van der Waals surface area contributed by atoms with Crippen LogP contribution in [0.1, 0.15) is 79.3 Å². The van der Waals surface area contributed by atoms with Gasteiger partial charge < -0.3 is 14.5 Å². The van der Waals surface area contributed by atoms with E-state index >= 15 is 0 Å². The van der Waals surface area contributed by atoms with E-state index in [0.717, 1.165) is 46.6 Å². The van der Waals surface area contributed by atoms with Crippen molar-refractivity contribution in [3.05, 3.63) is 57.3 Å². The van der Waals surface area contributed by atoms with Crippen molar-refractivity contribution in [2.24, 2.45) is 5.92 Å². The fraction of sp³-hybridized carbons (Fsp3) is 0.517. The normalized spacial score (nSPS) is 26.2. The van der Waals surface area contributed by atoms with E-state index in [0.29, 0.717) is 35.5 Å². The first-order valence-corrected chi connectivity index (χ1v) is 14.5. The van der Waals surface area contributed by atoms with E-state index < -0.39 is 5.60 Å². The lowest BCUT2D eigenvalue weighted by Crippen LogP contribution is -2.53. The second-order valence-corrected chi connectivity index (χ2v) is 13.3. The van der Waals surface area contributed by atoms with Crippen LogP contribution < -0.4 is 0 Å². The van der Waals surface area contributed by atoms with Crippen molar-refractivity contribution in [2.75, 3.05) is 20.1 Å². The standard InChI is InChI=1S/C29H33ClN4O3S/c1-16-31-24(20-9-11-38-25(20)32-16)22-13-21(22)19-7-6-17(12-23(19)30)26(35)33(5)29-14-18(29)8-10-34(15-29)27(36)37-28(2,3)4/h6-7,9,11-12,18,21-22H,8,10,13-15H2,1-5H3. The summed E-state index contributed by atoms with van der Waals surface area (Å²) < 4.78 is 5.60. The summed E-state index contributed by atoms with van der Waals surface area (Å²) in [6.45, 7) is 8.71. The van der Waals surface area contributed by atoms with E-state index in [-0.39, 0.29) is 23.5 Å². The summed E-state index contributed by atoms with van der Waals surface area (Å²) in [6.07, 6.45) is 2.45. The highest BCUT2D eigenvalue weighted by molar-refractivity contribution is 7.16. The van der Waals surface area contributed by atoms with Gasteiger partial charge in [0.2, 0.25) is 0 Å². The average molecular weight is 553 g/mol. The number of amides is 2. The van der Waals surface area contributed by atoms with Crippen LogP contribution >= 0.6 is 22.9 Å². The van der Waals surface area contributed by atoms with Crippen molar-refractivity contribution in [2.45, 2.75) is 69.9 Å². The molecule has 3 aliphatic rings. The summed E-state index contributed by atoms with van der Waals surface area (Å²) in [6, 6.07) is 7.80. The molecule has 4 atom stereocenters. The molecule has 0 N–H and O–H groups in total. The molecule has 0 spiro atoms. The van der Waals surface area contributed by atoms with Crippen LogP contribution in [0.4, 0.5) is 4.79 Å². The number of ether oxygens (including phenoxy) is 1. The van der Waals surface area contributed by atoms with Crippen LogP contribution in [0.5, 0.6) is 0 Å². The lowest BCUT2D eigenvalue weighted by atomic mass is 10.0. The van der Waals surface area contributed by atoms with Gasteiger partial charge in [-0.25, -0.2) is 14.8 Å². The van der Waals surface area contributed by atoms with E-state index in [2.05, 4.69) is 16.4 Å². The molecule has 3 aromatic rings. The minimum Gasteiger partial charge on any atom is -0.444 e. The number of nitrogens with zero attached hydrogens (tertiary/aromatic N) is 4. The van der Waals surface area contributed by atoms with Crippen molar-refractivity contribution in [3.8, 4) is 0 Å². The Hall–Kier alpha value is -2.71. The van der Waals surface area contributed by atoms with Crippen LogP contribution in [0.3, 0.4) is 0 Å². The highest BCUT2D eigenvalue weighted by Gasteiger charge is 2.61. The third-order valence-corrected chi connectivity index (χ3v) is 9.42. The van der Waals surface area contributed by atoms with Gasteiger partial charge in [-0.05, 0) is 87.9 Å². The summed E-state index contributed by atoms with van der Waals surface area (Å²) >= 11 is 8.42. The molecule has 2 aliphatic carbocycles. The molecule has 4 unspecified atom stereocenters. The number of thiophene rings is 1. The number of piperidine rings is 1. The first kappa shape index (κ1) is 25.6. The van der Waals surface area contributed by atoms with Crippen molar-refractivity contribution in [1.29, 1.82) is 0 Å². The summed E-state index contributed by atoms with van der Waals surface area (Å²) in [5.74, 6) is 1.73. The minimum absolute atomic E-state index is 0.0641. The van der Waals surface area contributed by atoms with Gasteiger partial charge in [0.25, 0.3) is 5.91 Å². The van der Waals surface area contributed by atoms with Crippen molar-refractivity contribution >= 4 is 45.2 Å². The molecule has 1 aromatic carbocycles. The van der Waals surface area contributed by atoms with Crippen molar-refractivity contribution in [1.82, 2.24) is 19.8 Å². The number of benzene rings is 1. The third kappa shape index (κ3) is 4.45. The zero-order valence-corrected chi connectivity index (χ0v) is 24.0. The lowest BCUT2D eigenvalue weighted by molar-refractivity contribution is 0.0101. The van der Waals surface area contributed by atoms with E-state index in [9.17, 15) is 9.59 Å². The molecule has 1 aliphatic heterocycles. The van der Waals surface area contributed by atoms with E-state index in [1.54, 1.807) is 22.3 Å². The highest BCUT2D eigenvalue weighted by atomic mass is 35.5. The molecule has 0 radical (unpaired) electrons. The fourth-order valence-corrected chi connectivity index (χ4v) is 7.26. The molecule has 2 saturated carbocycles. The zero-order valence-electron chi connectivity index (χ0n) is 22.5. The van der Waals surface area contributed by atoms with Crippen LogP contribution in [0, 0.1) is 12.8 Å². The SMILES string of the molecule is Cc1nc(C2CC2c2ccc(C(=O)N(C)C34CC3CCN(C(=O)OC(C)(C)C)C4)cc2Cl)c2ccsc2n1. The number of halogens is 1. The monoisotopic (exact) mass is 552 g/mol. The van der Waals surface area contributed by atoms with E-state index in [4.69, 9.17) is 21.3 Å². The number of carbonyl (C=O) groups excluding carboxylic acids is 2. The first-order valence-electron chi connectivity index (χ1n) is 13.2. The van der Waals surface area contributed by atoms with Crippen LogP contribution in [0.25, 0.3) is 10.2 Å². The maximum atomic E-state index is 13.6. The van der Waals surface area contributed by atoms with Gasteiger partial charge in [0, 0.05) is 42.0 Å². The molecule has 3 fully saturated rings. The number of hydrogen-bond donors (Lipinski definition) is 0. The summed E-state index contributed by atoms with van der Waals surface area (Å²) in [5.41, 5.74) is 1.85. The molecule has 2 aromatic heterocycles. The maximum Gasteiger partial charge on any atom is 0.410 e. The van der Waals surface area contributed by atoms with E-state index in [1.807, 2.05) is 51.8 Å². The van der Waals surface area contributed by atoms with Gasteiger partial charge in [-0.2, -0.15) is 0 Å². The number of likely N-dealkylation sites (N-methyl/N-ethyl adjacent to an activating group) is 1. The molecular weight excluding hydrogens is 520 g/mol.